The minimum Gasteiger partial charge on any atom is -0.405 e. The summed E-state index contributed by atoms with van der Waals surface area (Å²) < 4.78 is 42.2. The standard InChI is InChI=1S/C12H11BrF3N3O2/c13-8-3-7(1-2-11(8)21-12(14,15)16)19-6-18-4-10(19)9(17)5-20/h1-4,6,9,20H,5,17H2. The average Bonchev–Trinajstić information content (AvgIpc) is 2.88. The summed E-state index contributed by atoms with van der Waals surface area (Å²) in [7, 11) is 0. The summed E-state index contributed by atoms with van der Waals surface area (Å²) >= 11 is 3.02. The van der Waals surface area contributed by atoms with Crippen molar-refractivity contribution in [3.8, 4) is 11.4 Å². The third kappa shape index (κ3) is 3.74. The highest BCUT2D eigenvalue weighted by atomic mass is 79.9. The zero-order valence-corrected chi connectivity index (χ0v) is 12.1. The molecule has 1 atom stereocenters. The van der Waals surface area contributed by atoms with Crippen molar-refractivity contribution in [2.24, 2.45) is 5.73 Å². The van der Waals surface area contributed by atoms with Crippen LogP contribution in [0.3, 0.4) is 0 Å². The van der Waals surface area contributed by atoms with Gasteiger partial charge in [0.2, 0.25) is 0 Å². The molecule has 0 aliphatic carbocycles. The lowest BCUT2D eigenvalue weighted by molar-refractivity contribution is -0.274. The number of aromatic nitrogens is 2. The molecular formula is C12H11BrF3N3O2. The highest BCUT2D eigenvalue weighted by molar-refractivity contribution is 9.10. The predicted octanol–water partition coefficient (Wildman–Crippen LogP) is 2.53. The molecule has 0 aliphatic heterocycles. The normalized spacial score (nSPS) is 13.2. The Hall–Kier alpha value is -1.58. The Morgan fingerprint density at radius 1 is 1.43 bits per heavy atom. The SMILES string of the molecule is NC(CO)c1cncn1-c1ccc(OC(F)(F)F)c(Br)c1. The van der Waals surface area contributed by atoms with Crippen molar-refractivity contribution in [1.29, 1.82) is 0 Å². The Morgan fingerprint density at radius 2 is 2.14 bits per heavy atom. The van der Waals surface area contributed by atoms with Gasteiger partial charge in [0.05, 0.1) is 35.3 Å². The monoisotopic (exact) mass is 365 g/mol. The van der Waals surface area contributed by atoms with E-state index in [4.69, 9.17) is 10.8 Å². The smallest absolute Gasteiger partial charge is 0.405 e. The summed E-state index contributed by atoms with van der Waals surface area (Å²) in [6.45, 7) is -0.276. The van der Waals surface area contributed by atoms with E-state index in [1.807, 2.05) is 0 Å². The Labute approximate surface area is 126 Å². The van der Waals surface area contributed by atoms with Gasteiger partial charge < -0.3 is 20.1 Å². The number of rotatable bonds is 4. The summed E-state index contributed by atoms with van der Waals surface area (Å²) in [4.78, 5) is 3.92. The van der Waals surface area contributed by atoms with Gasteiger partial charge in [0.15, 0.2) is 0 Å². The highest BCUT2D eigenvalue weighted by Crippen LogP contribution is 2.32. The summed E-state index contributed by atoms with van der Waals surface area (Å²) in [5.41, 5.74) is 6.80. The summed E-state index contributed by atoms with van der Waals surface area (Å²) in [5, 5.41) is 9.08. The van der Waals surface area contributed by atoms with Crippen LogP contribution in [0.2, 0.25) is 0 Å². The Bertz CT molecular complexity index is 630. The van der Waals surface area contributed by atoms with Crippen molar-refractivity contribution in [3.05, 3.63) is 40.9 Å². The molecule has 0 spiro atoms. The number of hydrogen-bond acceptors (Lipinski definition) is 4. The Morgan fingerprint density at radius 3 is 2.71 bits per heavy atom. The first kappa shape index (κ1) is 15.8. The molecule has 1 heterocycles. The number of hydrogen-bond donors (Lipinski definition) is 2. The molecule has 0 saturated heterocycles. The largest absolute Gasteiger partial charge is 0.573 e. The number of nitrogens with two attached hydrogens (primary N) is 1. The second-order valence-corrected chi connectivity index (χ2v) is 4.99. The van der Waals surface area contributed by atoms with Crippen LogP contribution in [0, 0.1) is 0 Å². The van der Waals surface area contributed by atoms with Crippen LogP contribution >= 0.6 is 15.9 Å². The van der Waals surface area contributed by atoms with Crippen LogP contribution in [0.4, 0.5) is 13.2 Å². The summed E-state index contributed by atoms with van der Waals surface area (Å²) in [6, 6.07) is 3.41. The van der Waals surface area contributed by atoms with Crippen molar-refractivity contribution in [3.63, 3.8) is 0 Å². The number of imidazole rings is 1. The van der Waals surface area contributed by atoms with Gasteiger partial charge in [-0.25, -0.2) is 4.98 Å². The average molecular weight is 366 g/mol. The van der Waals surface area contributed by atoms with Gasteiger partial charge >= 0.3 is 6.36 Å². The molecule has 0 radical (unpaired) electrons. The molecule has 2 rings (SSSR count). The zero-order valence-electron chi connectivity index (χ0n) is 10.5. The van der Waals surface area contributed by atoms with Crippen LogP contribution < -0.4 is 10.5 Å². The molecule has 1 aromatic carbocycles. The number of ether oxygens (including phenoxy) is 1. The van der Waals surface area contributed by atoms with E-state index in [9.17, 15) is 13.2 Å². The van der Waals surface area contributed by atoms with Crippen molar-refractivity contribution in [2.45, 2.75) is 12.4 Å². The van der Waals surface area contributed by atoms with Crippen molar-refractivity contribution in [1.82, 2.24) is 9.55 Å². The molecule has 0 saturated carbocycles. The Balaban J connectivity index is 2.35. The number of halogens is 4. The molecule has 9 heteroatoms. The van der Waals surface area contributed by atoms with Crippen LogP contribution in [0.1, 0.15) is 11.7 Å². The minimum absolute atomic E-state index is 0.134. The fourth-order valence-corrected chi connectivity index (χ4v) is 2.18. The highest BCUT2D eigenvalue weighted by Gasteiger charge is 2.32. The molecule has 1 aromatic heterocycles. The number of nitrogens with zero attached hydrogens (tertiary/aromatic N) is 2. The van der Waals surface area contributed by atoms with E-state index in [0.717, 1.165) is 0 Å². The lowest BCUT2D eigenvalue weighted by Crippen LogP contribution is -2.18. The van der Waals surface area contributed by atoms with Crippen LogP contribution in [-0.2, 0) is 0 Å². The van der Waals surface area contributed by atoms with Gasteiger partial charge in [0.1, 0.15) is 5.75 Å². The molecule has 0 aliphatic rings. The van der Waals surface area contributed by atoms with E-state index in [2.05, 4.69) is 25.7 Å². The van der Waals surface area contributed by atoms with Crippen molar-refractivity contribution < 1.29 is 23.0 Å². The van der Waals surface area contributed by atoms with E-state index in [-0.39, 0.29) is 16.8 Å². The first-order valence-corrected chi connectivity index (χ1v) is 6.55. The van der Waals surface area contributed by atoms with Gasteiger partial charge in [0, 0.05) is 5.69 Å². The van der Waals surface area contributed by atoms with E-state index < -0.39 is 12.4 Å². The van der Waals surface area contributed by atoms with Gasteiger partial charge in [-0.1, -0.05) is 0 Å². The fourth-order valence-electron chi connectivity index (χ4n) is 1.74. The van der Waals surface area contributed by atoms with Crippen LogP contribution in [0.5, 0.6) is 5.75 Å². The van der Waals surface area contributed by atoms with Crippen LogP contribution in [-0.4, -0.2) is 27.6 Å². The maximum absolute atomic E-state index is 12.2. The summed E-state index contributed by atoms with van der Waals surface area (Å²) in [5.74, 6) is -0.348. The topological polar surface area (TPSA) is 73.3 Å². The number of alkyl halides is 3. The number of benzene rings is 1. The van der Waals surface area contributed by atoms with Crippen molar-refractivity contribution >= 4 is 15.9 Å². The maximum atomic E-state index is 12.2. The van der Waals surface area contributed by atoms with Gasteiger partial charge in [-0.2, -0.15) is 0 Å². The van der Waals surface area contributed by atoms with Crippen molar-refractivity contribution in [2.75, 3.05) is 6.61 Å². The first-order chi connectivity index (χ1) is 9.81. The fraction of sp³-hybridized carbons (Fsp3) is 0.250. The van der Waals surface area contributed by atoms with E-state index >= 15 is 0 Å². The quantitative estimate of drug-likeness (QED) is 0.872. The predicted molar refractivity (Wildman–Crippen MR) is 72.0 cm³/mol. The van der Waals surface area contributed by atoms with E-state index in [1.165, 1.54) is 30.7 Å². The number of aliphatic hydroxyl groups excluding tert-OH is 1. The van der Waals surface area contributed by atoms with Gasteiger partial charge in [-0.05, 0) is 34.1 Å². The summed E-state index contributed by atoms with van der Waals surface area (Å²) in [6.07, 6.45) is -1.82. The zero-order chi connectivity index (χ0) is 15.6. The molecule has 0 amide bonds. The molecule has 21 heavy (non-hydrogen) atoms. The van der Waals surface area contributed by atoms with E-state index in [1.54, 1.807) is 4.57 Å². The maximum Gasteiger partial charge on any atom is 0.573 e. The van der Waals surface area contributed by atoms with Gasteiger partial charge in [0.25, 0.3) is 0 Å². The molecule has 0 fully saturated rings. The number of aliphatic hydroxyl groups is 1. The van der Waals surface area contributed by atoms with Gasteiger partial charge in [-0.3, -0.25) is 0 Å². The third-order valence-corrected chi connectivity index (χ3v) is 3.28. The van der Waals surface area contributed by atoms with Crippen LogP contribution in [0.15, 0.2) is 35.2 Å². The molecule has 5 nitrogen and oxygen atoms in total. The molecule has 114 valence electrons. The van der Waals surface area contributed by atoms with E-state index in [0.29, 0.717) is 11.4 Å². The third-order valence-electron chi connectivity index (χ3n) is 2.66. The lowest BCUT2D eigenvalue weighted by Gasteiger charge is -2.15. The second kappa shape index (κ2) is 6.04. The molecule has 0 bridgehead atoms. The molecule has 2 aromatic rings. The molecular weight excluding hydrogens is 355 g/mol. The Kier molecular flexibility index (Phi) is 4.55. The minimum atomic E-state index is -4.76. The lowest BCUT2D eigenvalue weighted by atomic mass is 10.2. The second-order valence-electron chi connectivity index (χ2n) is 4.14. The first-order valence-electron chi connectivity index (χ1n) is 5.76. The molecule has 3 N–H and O–H groups in total. The van der Waals surface area contributed by atoms with Crippen LogP contribution in [0.25, 0.3) is 5.69 Å². The van der Waals surface area contributed by atoms with Gasteiger partial charge in [-0.15, -0.1) is 13.2 Å². The molecule has 1 unspecified atom stereocenters.